The summed E-state index contributed by atoms with van der Waals surface area (Å²) < 4.78 is 7.07. The third kappa shape index (κ3) is 4.62. The van der Waals surface area contributed by atoms with Gasteiger partial charge in [-0.15, -0.1) is 0 Å². The van der Waals surface area contributed by atoms with Gasteiger partial charge in [0.1, 0.15) is 11.4 Å². The zero-order valence-electron chi connectivity index (χ0n) is 15.5. The molecule has 1 aromatic heterocycles. The van der Waals surface area contributed by atoms with Gasteiger partial charge in [-0.25, -0.2) is 4.68 Å². The van der Waals surface area contributed by atoms with Crippen LogP contribution in [0.3, 0.4) is 0 Å². The van der Waals surface area contributed by atoms with Crippen LogP contribution in [0.5, 0.6) is 5.75 Å². The minimum Gasteiger partial charge on any atom is -0.494 e. The Labute approximate surface area is 154 Å². The Morgan fingerprint density at radius 1 is 1.31 bits per heavy atom. The van der Waals surface area contributed by atoms with Crippen LogP contribution in [-0.2, 0) is 0 Å². The van der Waals surface area contributed by atoms with Crippen molar-refractivity contribution in [1.29, 1.82) is 0 Å². The number of amides is 1. The Kier molecular flexibility index (Phi) is 6.25. The van der Waals surface area contributed by atoms with E-state index in [1.165, 1.54) is 0 Å². The van der Waals surface area contributed by atoms with Gasteiger partial charge >= 0.3 is 0 Å². The smallest absolute Gasteiger partial charge is 0.271 e. The third-order valence-corrected chi connectivity index (χ3v) is 4.55. The molecule has 0 aliphatic carbocycles. The topological polar surface area (TPSA) is 71.4 Å². The molecule has 0 unspecified atom stereocenters. The molecule has 2 heterocycles. The van der Waals surface area contributed by atoms with Crippen LogP contribution in [-0.4, -0.2) is 67.0 Å². The normalized spacial score (nSPS) is 15.0. The van der Waals surface area contributed by atoms with Crippen molar-refractivity contribution in [3.05, 3.63) is 41.7 Å². The Morgan fingerprint density at radius 2 is 2.12 bits per heavy atom. The molecular weight excluding hydrogens is 330 g/mol. The highest BCUT2D eigenvalue weighted by Crippen LogP contribution is 2.23. The number of nitrogens with one attached hydrogen (secondary N) is 2. The van der Waals surface area contributed by atoms with Crippen LogP contribution in [0, 0.1) is 6.92 Å². The van der Waals surface area contributed by atoms with Crippen LogP contribution in [0.4, 0.5) is 0 Å². The Morgan fingerprint density at radius 3 is 2.88 bits per heavy atom. The third-order valence-electron chi connectivity index (χ3n) is 4.55. The van der Waals surface area contributed by atoms with Gasteiger partial charge in [0.2, 0.25) is 0 Å². The van der Waals surface area contributed by atoms with E-state index in [0.29, 0.717) is 12.2 Å². The Hall–Kier alpha value is -2.38. The van der Waals surface area contributed by atoms with E-state index in [-0.39, 0.29) is 5.91 Å². The van der Waals surface area contributed by atoms with E-state index in [1.54, 1.807) is 24.1 Å². The van der Waals surface area contributed by atoms with Crippen LogP contribution in [0.15, 0.2) is 30.5 Å². The van der Waals surface area contributed by atoms with Crippen molar-refractivity contribution in [2.75, 3.05) is 46.4 Å². The van der Waals surface area contributed by atoms with Gasteiger partial charge < -0.3 is 20.3 Å². The molecule has 26 heavy (non-hydrogen) atoms. The maximum atomic E-state index is 12.3. The summed E-state index contributed by atoms with van der Waals surface area (Å²) in [5.41, 5.74) is 2.34. The summed E-state index contributed by atoms with van der Waals surface area (Å²) in [6.07, 6.45) is 2.73. The molecule has 7 nitrogen and oxygen atoms in total. The number of hydrogen-bond donors (Lipinski definition) is 2. The van der Waals surface area contributed by atoms with Crippen LogP contribution in [0.1, 0.15) is 22.5 Å². The molecule has 140 valence electrons. The summed E-state index contributed by atoms with van der Waals surface area (Å²) in [7, 11) is 1.63. The van der Waals surface area contributed by atoms with Crippen LogP contribution >= 0.6 is 0 Å². The fraction of sp³-hybridized carbons (Fsp3) is 0.474. The van der Waals surface area contributed by atoms with Gasteiger partial charge in [0.25, 0.3) is 5.91 Å². The largest absolute Gasteiger partial charge is 0.494 e. The lowest BCUT2D eigenvalue weighted by Gasteiger charge is -2.26. The number of piperazine rings is 1. The highest BCUT2D eigenvalue weighted by atomic mass is 16.5. The van der Waals surface area contributed by atoms with Gasteiger partial charge in [0.05, 0.1) is 7.11 Å². The molecule has 1 amide bonds. The maximum absolute atomic E-state index is 12.3. The molecule has 2 N–H and O–H groups in total. The lowest BCUT2D eigenvalue weighted by molar-refractivity contribution is 0.0946. The molecule has 0 radical (unpaired) electrons. The van der Waals surface area contributed by atoms with E-state index in [4.69, 9.17) is 4.74 Å². The Bertz CT molecular complexity index is 737. The van der Waals surface area contributed by atoms with Crippen molar-refractivity contribution in [3.63, 3.8) is 0 Å². The second-order valence-corrected chi connectivity index (χ2v) is 6.52. The highest BCUT2D eigenvalue weighted by Gasteiger charge is 2.13. The van der Waals surface area contributed by atoms with Crippen LogP contribution in [0.2, 0.25) is 0 Å². The van der Waals surface area contributed by atoms with Gasteiger partial charge in [0.15, 0.2) is 5.69 Å². The summed E-state index contributed by atoms with van der Waals surface area (Å²) in [5, 5.41) is 10.7. The second kappa shape index (κ2) is 8.82. The van der Waals surface area contributed by atoms with Crippen molar-refractivity contribution in [2.45, 2.75) is 13.3 Å². The van der Waals surface area contributed by atoms with E-state index in [2.05, 4.69) is 20.6 Å². The van der Waals surface area contributed by atoms with Crippen LogP contribution in [0.25, 0.3) is 5.69 Å². The monoisotopic (exact) mass is 357 g/mol. The average molecular weight is 357 g/mol. The predicted octanol–water partition coefficient (Wildman–Crippen LogP) is 1.21. The molecule has 1 fully saturated rings. The van der Waals surface area contributed by atoms with Crippen molar-refractivity contribution >= 4 is 5.91 Å². The molecule has 0 saturated carbocycles. The lowest BCUT2D eigenvalue weighted by atomic mass is 10.2. The van der Waals surface area contributed by atoms with E-state index >= 15 is 0 Å². The fourth-order valence-corrected chi connectivity index (χ4v) is 3.09. The minimum absolute atomic E-state index is 0.143. The summed E-state index contributed by atoms with van der Waals surface area (Å²) in [6, 6.07) is 7.61. The standard InChI is InChI=1S/C19H27N5O2/c1-15-4-5-18(26-2)17(14-15)24-11-6-16(22-24)19(25)21-7-3-10-23-12-8-20-9-13-23/h4-6,11,14,20H,3,7-10,12-13H2,1-2H3,(H,21,25). The molecule has 1 aromatic carbocycles. The molecule has 1 aliphatic heterocycles. The first kappa shape index (κ1) is 18.4. The average Bonchev–Trinajstić information content (AvgIpc) is 3.16. The molecule has 2 aromatic rings. The number of aromatic nitrogens is 2. The van der Waals surface area contributed by atoms with Gasteiger partial charge in [-0.1, -0.05) is 6.07 Å². The predicted molar refractivity (Wildman–Crippen MR) is 101 cm³/mol. The second-order valence-electron chi connectivity index (χ2n) is 6.52. The number of hydrogen-bond acceptors (Lipinski definition) is 5. The number of benzene rings is 1. The number of carbonyl (C=O) groups is 1. The van der Waals surface area contributed by atoms with Crippen molar-refractivity contribution in [2.24, 2.45) is 0 Å². The number of aryl methyl sites for hydroxylation is 1. The van der Waals surface area contributed by atoms with E-state index in [1.807, 2.05) is 25.1 Å². The summed E-state index contributed by atoms with van der Waals surface area (Å²) in [5.74, 6) is 0.581. The molecular formula is C19H27N5O2. The van der Waals surface area contributed by atoms with Gasteiger partial charge in [-0.2, -0.15) is 5.10 Å². The van der Waals surface area contributed by atoms with Crippen LogP contribution < -0.4 is 15.4 Å². The maximum Gasteiger partial charge on any atom is 0.271 e. The molecule has 0 spiro atoms. The molecule has 3 rings (SSSR count). The minimum atomic E-state index is -0.143. The van der Waals surface area contributed by atoms with E-state index in [0.717, 1.165) is 56.1 Å². The van der Waals surface area contributed by atoms with Gasteiger partial charge in [0, 0.05) is 38.9 Å². The van der Waals surface area contributed by atoms with Crippen molar-refractivity contribution in [3.8, 4) is 11.4 Å². The molecule has 1 saturated heterocycles. The SMILES string of the molecule is COc1ccc(C)cc1-n1ccc(C(=O)NCCCN2CCNCC2)n1. The van der Waals surface area contributed by atoms with E-state index in [9.17, 15) is 4.79 Å². The van der Waals surface area contributed by atoms with Gasteiger partial charge in [-0.05, 0) is 43.7 Å². The first-order valence-electron chi connectivity index (χ1n) is 9.09. The van der Waals surface area contributed by atoms with E-state index < -0.39 is 0 Å². The lowest BCUT2D eigenvalue weighted by Crippen LogP contribution is -2.44. The summed E-state index contributed by atoms with van der Waals surface area (Å²) in [6.45, 7) is 7.94. The number of nitrogens with zero attached hydrogens (tertiary/aromatic N) is 3. The first-order valence-corrected chi connectivity index (χ1v) is 9.09. The summed E-state index contributed by atoms with van der Waals surface area (Å²) in [4.78, 5) is 14.7. The number of rotatable bonds is 7. The zero-order chi connectivity index (χ0) is 18.4. The molecule has 1 aliphatic rings. The summed E-state index contributed by atoms with van der Waals surface area (Å²) >= 11 is 0. The molecule has 7 heteroatoms. The molecule has 0 atom stereocenters. The van der Waals surface area contributed by atoms with Crippen molar-refractivity contribution < 1.29 is 9.53 Å². The first-order chi connectivity index (χ1) is 12.7. The quantitative estimate of drug-likeness (QED) is 0.729. The zero-order valence-corrected chi connectivity index (χ0v) is 15.5. The molecule has 0 bridgehead atoms. The fourth-order valence-electron chi connectivity index (χ4n) is 3.09. The number of methoxy groups -OCH3 is 1. The van der Waals surface area contributed by atoms with Crippen molar-refractivity contribution in [1.82, 2.24) is 25.3 Å². The number of carbonyl (C=O) groups excluding carboxylic acids is 1. The van der Waals surface area contributed by atoms with Gasteiger partial charge in [-0.3, -0.25) is 4.79 Å². The Balaban J connectivity index is 1.54. The highest BCUT2D eigenvalue weighted by molar-refractivity contribution is 5.92. The number of ether oxygens (including phenoxy) is 1.